The van der Waals surface area contributed by atoms with Gasteiger partial charge in [-0.15, -0.1) is 0 Å². The van der Waals surface area contributed by atoms with Crippen molar-refractivity contribution in [3.05, 3.63) is 76.2 Å². The fraction of sp³-hybridized carbons (Fsp3) is 0.292. The summed E-state index contributed by atoms with van der Waals surface area (Å²) in [4.78, 5) is 12.0. The van der Waals surface area contributed by atoms with Gasteiger partial charge in [-0.2, -0.15) is 0 Å². The van der Waals surface area contributed by atoms with Gasteiger partial charge in [-0.3, -0.25) is 10.0 Å². The lowest BCUT2D eigenvalue weighted by Gasteiger charge is -2.13. The van der Waals surface area contributed by atoms with E-state index in [9.17, 15) is 13.2 Å². The third kappa shape index (κ3) is 5.20. The van der Waals surface area contributed by atoms with Gasteiger partial charge >= 0.3 is 0 Å². The average molecular weight is 458 g/mol. The molecular weight excluding hydrogens is 430 g/mol. The van der Waals surface area contributed by atoms with Crippen molar-refractivity contribution in [2.45, 2.75) is 37.0 Å². The summed E-state index contributed by atoms with van der Waals surface area (Å²) >= 11 is 0. The molecule has 0 saturated heterocycles. The van der Waals surface area contributed by atoms with Crippen LogP contribution in [0.25, 0.3) is 0 Å². The van der Waals surface area contributed by atoms with Gasteiger partial charge in [-0.1, -0.05) is 36.4 Å². The number of methoxy groups -OCH3 is 2. The lowest BCUT2D eigenvalue weighted by Crippen LogP contribution is -2.19. The normalized spacial score (nSPS) is 15.2. The predicted molar refractivity (Wildman–Crippen MR) is 120 cm³/mol. The van der Waals surface area contributed by atoms with Crippen LogP contribution < -0.4 is 15.0 Å². The van der Waals surface area contributed by atoms with Crippen LogP contribution in [-0.2, 0) is 21.1 Å². The van der Waals surface area contributed by atoms with Crippen molar-refractivity contribution < 1.29 is 27.9 Å². The number of carbonyl (C=O) groups is 1. The molecule has 3 rings (SSSR count). The first-order chi connectivity index (χ1) is 15.4. The van der Waals surface area contributed by atoms with Crippen LogP contribution in [-0.4, -0.2) is 33.8 Å². The van der Waals surface area contributed by atoms with Crippen molar-refractivity contribution in [2.75, 3.05) is 14.2 Å². The van der Waals surface area contributed by atoms with Crippen LogP contribution in [0.5, 0.6) is 11.5 Å². The van der Waals surface area contributed by atoms with E-state index in [0.717, 1.165) is 12.0 Å². The molecule has 1 aliphatic rings. The number of sulfone groups is 1. The van der Waals surface area contributed by atoms with Crippen LogP contribution in [0.4, 0.5) is 0 Å². The van der Waals surface area contributed by atoms with E-state index in [4.69, 9.17) is 14.7 Å². The van der Waals surface area contributed by atoms with Crippen molar-refractivity contribution in [1.29, 1.82) is 0 Å². The van der Waals surface area contributed by atoms with Crippen LogP contribution in [0.1, 0.15) is 31.2 Å². The molecule has 0 spiro atoms. The molecule has 2 N–H and O–H groups in total. The van der Waals surface area contributed by atoms with Crippen LogP contribution in [0.15, 0.2) is 75.6 Å². The van der Waals surface area contributed by atoms with Gasteiger partial charge in [0.15, 0.2) is 11.5 Å². The van der Waals surface area contributed by atoms with Crippen LogP contribution in [0.3, 0.4) is 0 Å². The third-order valence-corrected chi connectivity index (χ3v) is 7.37. The van der Waals surface area contributed by atoms with E-state index in [1.807, 2.05) is 36.4 Å². The highest BCUT2D eigenvalue weighted by atomic mass is 32.2. The molecule has 1 amide bonds. The quantitative estimate of drug-likeness (QED) is 0.436. The predicted octanol–water partition coefficient (Wildman–Crippen LogP) is 3.98. The fourth-order valence-electron chi connectivity index (χ4n) is 3.86. The first kappa shape index (κ1) is 23.6. The minimum Gasteiger partial charge on any atom is -0.493 e. The highest BCUT2D eigenvalue weighted by molar-refractivity contribution is 7.95. The first-order valence-electron chi connectivity index (χ1n) is 10.3. The molecular formula is C24H27NO6S. The number of benzene rings is 2. The van der Waals surface area contributed by atoms with Crippen molar-refractivity contribution in [3.63, 3.8) is 0 Å². The SMILES string of the molecule is COc1ccc(S(=O)(=O)C2=C(CC(=O)NO)CCC2=CCCc2ccccc2)cc1OC. The maximum atomic E-state index is 13.6. The third-order valence-electron chi connectivity index (χ3n) is 5.41. The second-order valence-corrected chi connectivity index (χ2v) is 9.30. The molecule has 32 heavy (non-hydrogen) atoms. The lowest BCUT2D eigenvalue weighted by molar-refractivity contribution is -0.128. The summed E-state index contributed by atoms with van der Waals surface area (Å²) in [5, 5.41) is 8.94. The highest BCUT2D eigenvalue weighted by Crippen LogP contribution is 2.41. The van der Waals surface area contributed by atoms with Crippen LogP contribution >= 0.6 is 0 Å². The van der Waals surface area contributed by atoms with Gasteiger partial charge in [-0.25, -0.2) is 13.9 Å². The number of allylic oxidation sites excluding steroid dienone is 2. The molecule has 0 heterocycles. The molecule has 8 heteroatoms. The minimum absolute atomic E-state index is 0.0583. The Morgan fingerprint density at radius 1 is 1.06 bits per heavy atom. The molecule has 0 fully saturated rings. The van der Waals surface area contributed by atoms with E-state index in [1.165, 1.54) is 26.4 Å². The second-order valence-electron chi connectivity index (χ2n) is 7.42. The highest BCUT2D eigenvalue weighted by Gasteiger charge is 2.33. The average Bonchev–Trinajstić information content (AvgIpc) is 3.22. The van der Waals surface area contributed by atoms with E-state index in [0.29, 0.717) is 41.9 Å². The Hall–Kier alpha value is -3.10. The Morgan fingerprint density at radius 3 is 2.44 bits per heavy atom. The van der Waals surface area contributed by atoms with Gasteiger partial charge in [0.1, 0.15) is 0 Å². The van der Waals surface area contributed by atoms with Crippen molar-refractivity contribution in [2.24, 2.45) is 0 Å². The minimum atomic E-state index is -3.93. The monoisotopic (exact) mass is 457 g/mol. The smallest absolute Gasteiger partial charge is 0.247 e. The van der Waals surface area contributed by atoms with E-state index in [1.54, 1.807) is 11.5 Å². The zero-order valence-corrected chi connectivity index (χ0v) is 18.9. The number of rotatable bonds is 9. The van der Waals surface area contributed by atoms with E-state index in [-0.39, 0.29) is 16.2 Å². The molecule has 0 saturated carbocycles. The molecule has 1 aliphatic carbocycles. The molecule has 0 bridgehead atoms. The van der Waals surface area contributed by atoms with E-state index in [2.05, 4.69) is 0 Å². The number of carbonyl (C=O) groups excluding carboxylic acids is 1. The summed E-state index contributed by atoms with van der Waals surface area (Å²) in [6, 6.07) is 14.4. The Balaban J connectivity index is 1.99. The van der Waals surface area contributed by atoms with E-state index >= 15 is 0 Å². The topological polar surface area (TPSA) is 102 Å². The van der Waals surface area contributed by atoms with Gasteiger partial charge < -0.3 is 9.47 Å². The number of hydrogen-bond donors (Lipinski definition) is 2. The lowest BCUT2D eigenvalue weighted by atomic mass is 10.1. The fourth-order valence-corrected chi connectivity index (χ4v) is 5.69. The molecule has 170 valence electrons. The number of aryl methyl sites for hydroxylation is 1. The van der Waals surface area contributed by atoms with Gasteiger partial charge in [0.05, 0.1) is 30.4 Å². The Kier molecular flexibility index (Phi) is 7.71. The van der Waals surface area contributed by atoms with Gasteiger partial charge in [0.25, 0.3) is 0 Å². The Labute approximate surface area is 188 Å². The summed E-state index contributed by atoms with van der Waals surface area (Å²) < 4.78 is 37.8. The van der Waals surface area contributed by atoms with Crippen LogP contribution in [0, 0.1) is 0 Å². The van der Waals surface area contributed by atoms with Gasteiger partial charge in [-0.05, 0) is 54.5 Å². The van der Waals surface area contributed by atoms with Crippen molar-refractivity contribution in [3.8, 4) is 11.5 Å². The molecule has 0 radical (unpaired) electrons. The Morgan fingerprint density at radius 2 is 1.78 bits per heavy atom. The second kappa shape index (κ2) is 10.5. The molecule has 2 aromatic rings. The maximum Gasteiger partial charge on any atom is 0.247 e. The largest absolute Gasteiger partial charge is 0.493 e. The standard InChI is InChI=1S/C24H27NO6S/c1-30-21-14-13-20(16-22(21)31-2)32(28,29)24-18(11-12-19(24)15-23(26)25-27)10-6-9-17-7-4-3-5-8-17/h3-5,7-8,10,13-14,16,27H,6,9,11-12,15H2,1-2H3,(H,25,26). The van der Waals surface area contributed by atoms with Crippen LogP contribution in [0.2, 0.25) is 0 Å². The molecule has 0 unspecified atom stereocenters. The molecule has 0 atom stereocenters. The summed E-state index contributed by atoms with van der Waals surface area (Å²) in [5.41, 5.74) is 3.93. The molecule has 0 aromatic heterocycles. The first-order valence-corrected chi connectivity index (χ1v) is 11.7. The van der Waals surface area contributed by atoms with Crippen molar-refractivity contribution >= 4 is 15.7 Å². The summed E-state index contributed by atoms with van der Waals surface area (Å²) in [6.45, 7) is 0. The number of ether oxygens (including phenoxy) is 2. The van der Waals surface area contributed by atoms with E-state index < -0.39 is 15.7 Å². The van der Waals surface area contributed by atoms with Crippen molar-refractivity contribution in [1.82, 2.24) is 5.48 Å². The zero-order chi connectivity index (χ0) is 23.1. The summed E-state index contributed by atoms with van der Waals surface area (Å²) in [5.74, 6) is 0.0762. The molecule has 2 aromatic carbocycles. The number of amides is 1. The number of hydroxylamine groups is 1. The molecule has 0 aliphatic heterocycles. The summed E-state index contributed by atoms with van der Waals surface area (Å²) in [6.07, 6.45) is 4.15. The number of hydrogen-bond acceptors (Lipinski definition) is 6. The number of nitrogens with one attached hydrogen (secondary N) is 1. The van der Waals surface area contributed by atoms with Gasteiger partial charge in [0, 0.05) is 6.07 Å². The van der Waals surface area contributed by atoms with Gasteiger partial charge in [0.2, 0.25) is 15.7 Å². The zero-order valence-electron chi connectivity index (χ0n) is 18.1. The molecule has 7 nitrogen and oxygen atoms in total. The maximum absolute atomic E-state index is 13.6. The Bertz CT molecular complexity index is 1140. The summed E-state index contributed by atoms with van der Waals surface area (Å²) in [7, 11) is -1.01.